The van der Waals surface area contributed by atoms with Gasteiger partial charge in [-0.25, -0.2) is 0 Å². The van der Waals surface area contributed by atoms with Gasteiger partial charge in [0.05, 0.1) is 0 Å². The van der Waals surface area contributed by atoms with Crippen LogP contribution in [0.4, 0.5) is 5.69 Å². The minimum Gasteiger partial charge on any atom is -0.398 e. The van der Waals surface area contributed by atoms with Crippen LogP contribution in [0.5, 0.6) is 0 Å². The van der Waals surface area contributed by atoms with Crippen molar-refractivity contribution < 1.29 is 0 Å². The Bertz CT molecular complexity index is 437. The van der Waals surface area contributed by atoms with Crippen LogP contribution in [-0.2, 0) is 6.54 Å². The van der Waals surface area contributed by atoms with E-state index in [4.69, 9.17) is 5.73 Å². The number of nitrogens with two attached hydrogens (primary N) is 1. The molecule has 0 fully saturated rings. The maximum absolute atomic E-state index is 11.6. The lowest BCUT2D eigenvalue weighted by Crippen LogP contribution is -2.41. The molecule has 0 aromatic carbocycles. The number of anilines is 1. The second-order valence-electron chi connectivity index (χ2n) is 5.44. The van der Waals surface area contributed by atoms with Crippen molar-refractivity contribution in [2.75, 3.05) is 19.3 Å². The predicted molar refractivity (Wildman–Crippen MR) is 76.7 cm³/mol. The lowest BCUT2D eigenvalue weighted by Gasteiger charge is -2.34. The van der Waals surface area contributed by atoms with Crippen molar-refractivity contribution in [1.29, 1.82) is 0 Å². The molecule has 1 aromatic rings. The van der Waals surface area contributed by atoms with Gasteiger partial charge in [-0.05, 0) is 39.8 Å². The highest BCUT2D eigenvalue weighted by molar-refractivity contribution is 5.33. The fourth-order valence-corrected chi connectivity index (χ4v) is 1.78. The Kier molecular flexibility index (Phi) is 4.96. The summed E-state index contributed by atoms with van der Waals surface area (Å²) in [6.07, 6.45) is 3.78. The van der Waals surface area contributed by atoms with E-state index in [2.05, 4.69) is 32.7 Å². The second-order valence-corrected chi connectivity index (χ2v) is 5.44. The molecule has 0 amide bonds. The highest BCUT2D eigenvalue weighted by Gasteiger charge is 2.20. The summed E-state index contributed by atoms with van der Waals surface area (Å²) in [6.45, 7) is 8.36. The molecule has 1 heterocycles. The van der Waals surface area contributed by atoms with Crippen molar-refractivity contribution in [3.05, 3.63) is 28.7 Å². The minimum absolute atomic E-state index is 0.0154. The Morgan fingerprint density at radius 3 is 2.67 bits per heavy atom. The Morgan fingerprint density at radius 1 is 1.39 bits per heavy atom. The van der Waals surface area contributed by atoms with Crippen LogP contribution in [0.15, 0.2) is 23.1 Å². The summed E-state index contributed by atoms with van der Waals surface area (Å²) < 4.78 is 1.68. The molecular formula is C14H25N3O. The first-order chi connectivity index (χ1) is 8.36. The number of hydrogen-bond donors (Lipinski definition) is 1. The second kappa shape index (κ2) is 6.05. The van der Waals surface area contributed by atoms with Crippen LogP contribution in [0.2, 0.25) is 0 Å². The van der Waals surface area contributed by atoms with Gasteiger partial charge in [0.25, 0.3) is 5.56 Å². The first-order valence-electron chi connectivity index (χ1n) is 6.54. The molecule has 0 aliphatic carbocycles. The van der Waals surface area contributed by atoms with E-state index >= 15 is 0 Å². The van der Waals surface area contributed by atoms with Gasteiger partial charge in [0, 0.05) is 36.6 Å². The number of aryl methyl sites for hydroxylation is 1. The van der Waals surface area contributed by atoms with Crippen LogP contribution in [-0.4, -0.2) is 28.6 Å². The molecule has 4 heteroatoms. The molecule has 0 radical (unpaired) electrons. The SMILES string of the molecule is CCC(C)(C)N(C)CCCn1cc(N)ccc1=O. The van der Waals surface area contributed by atoms with Crippen molar-refractivity contribution in [3.63, 3.8) is 0 Å². The highest BCUT2D eigenvalue weighted by Crippen LogP contribution is 2.16. The van der Waals surface area contributed by atoms with Crippen LogP contribution >= 0.6 is 0 Å². The lowest BCUT2D eigenvalue weighted by molar-refractivity contribution is 0.147. The molecule has 0 atom stereocenters. The van der Waals surface area contributed by atoms with E-state index < -0.39 is 0 Å². The van der Waals surface area contributed by atoms with Crippen molar-refractivity contribution in [1.82, 2.24) is 9.47 Å². The van der Waals surface area contributed by atoms with Crippen LogP contribution in [0, 0.1) is 0 Å². The van der Waals surface area contributed by atoms with Gasteiger partial charge in [-0.1, -0.05) is 6.92 Å². The number of nitrogen functional groups attached to an aromatic ring is 1. The predicted octanol–water partition coefficient (Wildman–Crippen LogP) is 1.94. The molecular weight excluding hydrogens is 226 g/mol. The number of hydrogen-bond acceptors (Lipinski definition) is 3. The Balaban J connectivity index is 2.52. The Morgan fingerprint density at radius 2 is 2.06 bits per heavy atom. The maximum Gasteiger partial charge on any atom is 0.250 e. The maximum atomic E-state index is 11.6. The third kappa shape index (κ3) is 3.88. The van der Waals surface area contributed by atoms with Gasteiger partial charge in [-0.3, -0.25) is 4.79 Å². The summed E-state index contributed by atoms with van der Waals surface area (Å²) >= 11 is 0. The molecule has 102 valence electrons. The zero-order valence-corrected chi connectivity index (χ0v) is 11.9. The van der Waals surface area contributed by atoms with Crippen molar-refractivity contribution in [2.45, 2.75) is 45.7 Å². The van der Waals surface area contributed by atoms with Crippen LogP contribution < -0.4 is 11.3 Å². The number of nitrogens with zero attached hydrogens (tertiary/aromatic N) is 2. The summed E-state index contributed by atoms with van der Waals surface area (Å²) in [5.41, 5.74) is 6.54. The quantitative estimate of drug-likeness (QED) is 0.840. The zero-order chi connectivity index (χ0) is 13.8. The first-order valence-corrected chi connectivity index (χ1v) is 6.54. The van der Waals surface area contributed by atoms with Gasteiger partial charge in [-0.2, -0.15) is 0 Å². The topological polar surface area (TPSA) is 51.3 Å². The van der Waals surface area contributed by atoms with E-state index in [0.717, 1.165) is 19.4 Å². The van der Waals surface area contributed by atoms with Crippen LogP contribution in [0.1, 0.15) is 33.6 Å². The van der Waals surface area contributed by atoms with Gasteiger partial charge < -0.3 is 15.2 Å². The lowest BCUT2D eigenvalue weighted by atomic mass is 10.00. The summed E-state index contributed by atoms with van der Waals surface area (Å²) in [4.78, 5) is 13.9. The first kappa shape index (κ1) is 14.8. The van der Waals surface area contributed by atoms with Crippen molar-refractivity contribution in [2.24, 2.45) is 0 Å². The third-order valence-electron chi connectivity index (χ3n) is 3.80. The molecule has 18 heavy (non-hydrogen) atoms. The highest BCUT2D eigenvalue weighted by atomic mass is 16.1. The van der Waals surface area contributed by atoms with Crippen molar-refractivity contribution >= 4 is 5.69 Å². The summed E-state index contributed by atoms with van der Waals surface area (Å²) in [7, 11) is 2.13. The molecule has 0 saturated carbocycles. The van der Waals surface area contributed by atoms with E-state index in [-0.39, 0.29) is 11.1 Å². The van der Waals surface area contributed by atoms with E-state index in [1.54, 1.807) is 16.8 Å². The molecule has 0 saturated heterocycles. The molecule has 0 spiro atoms. The summed E-state index contributed by atoms with van der Waals surface area (Å²) in [5, 5.41) is 0. The summed E-state index contributed by atoms with van der Waals surface area (Å²) in [6, 6.07) is 3.17. The Labute approximate surface area is 109 Å². The van der Waals surface area contributed by atoms with Gasteiger partial charge in [0.2, 0.25) is 0 Å². The van der Waals surface area contributed by atoms with E-state index in [9.17, 15) is 4.79 Å². The zero-order valence-electron chi connectivity index (χ0n) is 11.9. The van der Waals surface area contributed by atoms with E-state index in [0.29, 0.717) is 12.2 Å². The number of pyridine rings is 1. The van der Waals surface area contributed by atoms with Gasteiger partial charge in [0.15, 0.2) is 0 Å². The normalized spacial score (nSPS) is 12.1. The summed E-state index contributed by atoms with van der Waals surface area (Å²) in [5.74, 6) is 0. The average molecular weight is 251 g/mol. The molecule has 1 aromatic heterocycles. The van der Waals surface area contributed by atoms with E-state index in [1.165, 1.54) is 6.07 Å². The molecule has 0 unspecified atom stereocenters. The molecule has 0 bridgehead atoms. The molecule has 4 nitrogen and oxygen atoms in total. The third-order valence-corrected chi connectivity index (χ3v) is 3.80. The fraction of sp³-hybridized carbons (Fsp3) is 0.643. The van der Waals surface area contributed by atoms with Gasteiger partial charge in [-0.15, -0.1) is 0 Å². The average Bonchev–Trinajstić information content (AvgIpc) is 2.33. The standard InChI is InChI=1S/C14H25N3O/c1-5-14(2,3)16(4)9-6-10-17-11-12(15)7-8-13(17)18/h7-8,11H,5-6,9-10,15H2,1-4H3. The van der Waals surface area contributed by atoms with Crippen LogP contribution in [0.25, 0.3) is 0 Å². The monoisotopic (exact) mass is 251 g/mol. The number of rotatable bonds is 6. The van der Waals surface area contributed by atoms with Gasteiger partial charge in [0.1, 0.15) is 0 Å². The molecule has 1 rings (SSSR count). The molecule has 2 N–H and O–H groups in total. The minimum atomic E-state index is 0.0154. The largest absolute Gasteiger partial charge is 0.398 e. The smallest absolute Gasteiger partial charge is 0.250 e. The fourth-order valence-electron chi connectivity index (χ4n) is 1.78. The molecule has 0 aliphatic heterocycles. The van der Waals surface area contributed by atoms with Crippen molar-refractivity contribution in [3.8, 4) is 0 Å². The molecule has 0 aliphatic rings. The van der Waals surface area contributed by atoms with Gasteiger partial charge >= 0.3 is 0 Å². The van der Waals surface area contributed by atoms with Crippen LogP contribution in [0.3, 0.4) is 0 Å². The Hall–Kier alpha value is -1.29. The number of aromatic nitrogens is 1. The van der Waals surface area contributed by atoms with E-state index in [1.807, 2.05) is 0 Å².